The highest BCUT2D eigenvalue weighted by Crippen LogP contribution is 2.25. The van der Waals surface area contributed by atoms with E-state index in [0.717, 1.165) is 34.4 Å². The number of rotatable bonds is 6. The van der Waals surface area contributed by atoms with E-state index in [-0.39, 0.29) is 6.61 Å². The molecule has 0 saturated carbocycles. The lowest BCUT2D eigenvalue weighted by Gasteiger charge is -2.21. The number of ether oxygens (including phenoxy) is 1. The molecule has 3 N–H and O–H groups in total. The topological polar surface area (TPSA) is 71.2 Å². The van der Waals surface area contributed by atoms with Crippen molar-refractivity contribution in [2.45, 2.75) is 25.0 Å². The molecule has 2 aromatic rings. The van der Waals surface area contributed by atoms with Crippen LogP contribution in [0.4, 0.5) is 0 Å². The van der Waals surface area contributed by atoms with Crippen LogP contribution in [0.5, 0.6) is 5.75 Å². The molecule has 0 spiro atoms. The minimum atomic E-state index is -0.778. The Kier molecular flexibility index (Phi) is 4.79. The summed E-state index contributed by atoms with van der Waals surface area (Å²) in [5.74, 6) is -0.0342. The van der Waals surface area contributed by atoms with Crippen molar-refractivity contribution in [2.75, 3.05) is 19.7 Å². The molecule has 5 heteroatoms. The maximum Gasteiger partial charge on any atom is 0.362 e. The number of carbonyl (C=O) groups is 1. The summed E-state index contributed by atoms with van der Waals surface area (Å²) in [5.41, 5.74) is 0. The highest BCUT2D eigenvalue weighted by atomic mass is 16.5. The van der Waals surface area contributed by atoms with Crippen LogP contribution < -0.4 is 9.64 Å². The zero-order valence-electron chi connectivity index (χ0n) is 12.9. The SMILES string of the molecule is O=C(O)C1CCC[NH+]1CC(O)COc1cccc2ccccc12. The van der Waals surface area contributed by atoms with E-state index in [1.807, 2.05) is 42.5 Å². The van der Waals surface area contributed by atoms with Gasteiger partial charge >= 0.3 is 5.97 Å². The number of benzene rings is 2. The van der Waals surface area contributed by atoms with Gasteiger partial charge in [-0.2, -0.15) is 0 Å². The molecule has 3 rings (SSSR count). The Bertz CT molecular complexity index is 682. The van der Waals surface area contributed by atoms with E-state index < -0.39 is 18.1 Å². The monoisotopic (exact) mass is 316 g/mol. The second kappa shape index (κ2) is 6.98. The fourth-order valence-corrected chi connectivity index (χ4v) is 3.32. The predicted molar refractivity (Wildman–Crippen MR) is 86.8 cm³/mol. The van der Waals surface area contributed by atoms with Gasteiger partial charge in [-0.05, 0) is 11.5 Å². The number of hydrogen-bond acceptors (Lipinski definition) is 3. The quantitative estimate of drug-likeness (QED) is 0.734. The molecule has 0 bridgehead atoms. The molecule has 23 heavy (non-hydrogen) atoms. The lowest BCUT2D eigenvalue weighted by molar-refractivity contribution is -0.906. The molecule has 3 unspecified atom stereocenters. The summed E-state index contributed by atoms with van der Waals surface area (Å²) in [6.45, 7) is 1.37. The number of aliphatic hydroxyl groups is 1. The maximum atomic E-state index is 11.2. The highest BCUT2D eigenvalue weighted by Gasteiger charge is 2.35. The van der Waals surface area contributed by atoms with Crippen molar-refractivity contribution in [1.82, 2.24) is 0 Å². The van der Waals surface area contributed by atoms with Crippen LogP contribution in [0.1, 0.15) is 12.8 Å². The first kappa shape index (κ1) is 15.8. The summed E-state index contributed by atoms with van der Waals surface area (Å²) in [6, 6.07) is 13.4. The Hall–Kier alpha value is -2.11. The largest absolute Gasteiger partial charge is 0.490 e. The van der Waals surface area contributed by atoms with E-state index in [4.69, 9.17) is 4.74 Å². The van der Waals surface area contributed by atoms with E-state index in [2.05, 4.69) is 0 Å². The fraction of sp³-hybridized carbons (Fsp3) is 0.389. The number of carboxylic acid groups (broad SMARTS) is 1. The zero-order valence-corrected chi connectivity index (χ0v) is 12.9. The lowest BCUT2D eigenvalue weighted by atomic mass is 10.1. The van der Waals surface area contributed by atoms with Gasteiger partial charge < -0.3 is 19.8 Å². The number of fused-ring (bicyclic) bond motifs is 1. The van der Waals surface area contributed by atoms with Crippen LogP contribution in [0.25, 0.3) is 10.8 Å². The van der Waals surface area contributed by atoms with Crippen molar-refractivity contribution in [2.24, 2.45) is 0 Å². The molecule has 0 amide bonds. The van der Waals surface area contributed by atoms with E-state index in [9.17, 15) is 15.0 Å². The zero-order chi connectivity index (χ0) is 16.2. The first-order valence-electron chi connectivity index (χ1n) is 8.01. The van der Waals surface area contributed by atoms with Crippen LogP contribution in [0.3, 0.4) is 0 Å². The standard InChI is InChI=1S/C18H21NO4/c20-14(11-19-10-4-8-16(19)18(21)22)12-23-17-9-3-6-13-5-1-2-7-15(13)17/h1-3,5-7,9,14,16,20H,4,8,10-12H2,(H,21,22)/p+1. The van der Waals surface area contributed by atoms with Gasteiger partial charge in [0.25, 0.3) is 0 Å². The molecule has 5 nitrogen and oxygen atoms in total. The van der Waals surface area contributed by atoms with Gasteiger partial charge in [-0.25, -0.2) is 4.79 Å². The molecule has 1 saturated heterocycles. The molecule has 1 heterocycles. The third-order valence-corrected chi connectivity index (χ3v) is 4.46. The van der Waals surface area contributed by atoms with Crippen molar-refractivity contribution in [3.63, 3.8) is 0 Å². The molecule has 1 aliphatic rings. The Morgan fingerprint density at radius 3 is 2.87 bits per heavy atom. The summed E-state index contributed by atoms with van der Waals surface area (Å²) in [6.07, 6.45) is 0.897. The number of quaternary nitrogens is 1. The second-order valence-electron chi connectivity index (χ2n) is 6.09. The van der Waals surface area contributed by atoms with Crippen LogP contribution >= 0.6 is 0 Å². The first-order chi connectivity index (χ1) is 11.1. The summed E-state index contributed by atoms with van der Waals surface area (Å²) in [4.78, 5) is 12.1. The maximum absolute atomic E-state index is 11.2. The Morgan fingerprint density at radius 1 is 1.26 bits per heavy atom. The van der Waals surface area contributed by atoms with E-state index in [0.29, 0.717) is 13.0 Å². The van der Waals surface area contributed by atoms with Gasteiger partial charge in [0, 0.05) is 18.2 Å². The molecule has 1 fully saturated rings. The van der Waals surface area contributed by atoms with Gasteiger partial charge in [-0.1, -0.05) is 36.4 Å². The van der Waals surface area contributed by atoms with Gasteiger partial charge in [-0.3, -0.25) is 0 Å². The summed E-state index contributed by atoms with van der Waals surface area (Å²) >= 11 is 0. The number of likely N-dealkylation sites (tertiary alicyclic amines) is 1. The van der Waals surface area contributed by atoms with Gasteiger partial charge in [0.1, 0.15) is 25.0 Å². The Morgan fingerprint density at radius 2 is 2.04 bits per heavy atom. The molecule has 0 radical (unpaired) electrons. The third kappa shape index (κ3) is 3.63. The Balaban J connectivity index is 1.60. The number of aliphatic carboxylic acids is 1. The minimum Gasteiger partial charge on any atom is -0.490 e. The summed E-state index contributed by atoms with van der Waals surface area (Å²) in [7, 11) is 0. The second-order valence-corrected chi connectivity index (χ2v) is 6.09. The molecular formula is C18H22NO4+. The fourth-order valence-electron chi connectivity index (χ4n) is 3.32. The molecular weight excluding hydrogens is 294 g/mol. The van der Waals surface area contributed by atoms with Crippen LogP contribution in [-0.2, 0) is 4.79 Å². The van der Waals surface area contributed by atoms with Crippen molar-refractivity contribution in [3.05, 3.63) is 42.5 Å². The molecule has 2 aromatic carbocycles. The Labute approximate surface area is 135 Å². The number of nitrogens with one attached hydrogen (secondary N) is 1. The number of carboxylic acids is 1. The van der Waals surface area contributed by atoms with Crippen LogP contribution in [-0.4, -0.2) is 48.0 Å². The van der Waals surface area contributed by atoms with Crippen molar-refractivity contribution >= 4 is 16.7 Å². The molecule has 0 aliphatic carbocycles. The number of hydrogen-bond donors (Lipinski definition) is 3. The summed E-state index contributed by atoms with van der Waals surface area (Å²) in [5, 5.41) is 21.5. The average molecular weight is 316 g/mol. The van der Waals surface area contributed by atoms with Crippen molar-refractivity contribution in [1.29, 1.82) is 0 Å². The normalized spacial score (nSPS) is 22.1. The van der Waals surface area contributed by atoms with Crippen molar-refractivity contribution in [3.8, 4) is 5.75 Å². The molecule has 3 atom stereocenters. The van der Waals surface area contributed by atoms with Crippen molar-refractivity contribution < 1.29 is 24.6 Å². The number of aliphatic hydroxyl groups excluding tert-OH is 1. The van der Waals surface area contributed by atoms with Crippen LogP contribution in [0.2, 0.25) is 0 Å². The predicted octanol–water partition coefficient (Wildman–Crippen LogP) is 0.711. The molecule has 0 aromatic heterocycles. The lowest BCUT2D eigenvalue weighted by Crippen LogP contribution is -3.15. The van der Waals surface area contributed by atoms with Gasteiger partial charge in [0.2, 0.25) is 0 Å². The van der Waals surface area contributed by atoms with Crippen LogP contribution in [0.15, 0.2) is 42.5 Å². The third-order valence-electron chi connectivity index (χ3n) is 4.46. The van der Waals surface area contributed by atoms with Gasteiger partial charge in [-0.15, -0.1) is 0 Å². The molecule has 1 aliphatic heterocycles. The average Bonchev–Trinajstić information content (AvgIpc) is 3.01. The van der Waals surface area contributed by atoms with Gasteiger partial charge in [0.15, 0.2) is 6.04 Å². The van der Waals surface area contributed by atoms with E-state index in [1.165, 1.54) is 0 Å². The first-order valence-corrected chi connectivity index (χ1v) is 8.01. The summed E-state index contributed by atoms with van der Waals surface area (Å²) < 4.78 is 5.78. The smallest absolute Gasteiger partial charge is 0.362 e. The van der Waals surface area contributed by atoms with E-state index >= 15 is 0 Å². The highest BCUT2D eigenvalue weighted by molar-refractivity contribution is 5.88. The van der Waals surface area contributed by atoms with Crippen LogP contribution in [0, 0.1) is 0 Å². The molecule has 122 valence electrons. The van der Waals surface area contributed by atoms with Gasteiger partial charge in [0.05, 0.1) is 6.54 Å². The minimum absolute atomic E-state index is 0.170. The van der Waals surface area contributed by atoms with E-state index in [1.54, 1.807) is 0 Å².